The fourth-order valence-corrected chi connectivity index (χ4v) is 2.62. The first kappa shape index (κ1) is 14.3. The summed E-state index contributed by atoms with van der Waals surface area (Å²) in [7, 11) is 0. The van der Waals surface area contributed by atoms with Crippen LogP contribution in [0.5, 0.6) is 0 Å². The van der Waals surface area contributed by atoms with E-state index in [4.69, 9.17) is 5.26 Å². The van der Waals surface area contributed by atoms with Crippen LogP contribution in [0, 0.1) is 31.1 Å². The number of amides is 1. The van der Waals surface area contributed by atoms with Gasteiger partial charge in [0, 0.05) is 12.2 Å². The summed E-state index contributed by atoms with van der Waals surface area (Å²) in [6.07, 6.45) is 1.17. The lowest BCUT2D eigenvalue weighted by Gasteiger charge is -2.32. The van der Waals surface area contributed by atoms with Crippen molar-refractivity contribution in [2.75, 3.05) is 11.4 Å². The van der Waals surface area contributed by atoms with Gasteiger partial charge in [-0.2, -0.15) is 5.26 Å². The van der Waals surface area contributed by atoms with Gasteiger partial charge >= 0.3 is 0 Å². The van der Waals surface area contributed by atoms with E-state index in [-0.39, 0.29) is 18.1 Å². The third-order valence-electron chi connectivity index (χ3n) is 3.74. The number of rotatable bonds is 3. The number of ketones is 1. The maximum Gasteiger partial charge on any atom is 0.237 e. The van der Waals surface area contributed by atoms with Crippen LogP contribution in [0.2, 0.25) is 0 Å². The van der Waals surface area contributed by atoms with E-state index in [1.165, 1.54) is 0 Å². The maximum atomic E-state index is 12.5. The third kappa shape index (κ3) is 2.72. The smallest absolute Gasteiger partial charge is 0.237 e. The molecule has 0 aliphatic carbocycles. The lowest BCUT2D eigenvalue weighted by Crippen LogP contribution is -2.44. The summed E-state index contributed by atoms with van der Waals surface area (Å²) in [5.41, 5.74) is 2.99. The fourth-order valence-electron chi connectivity index (χ4n) is 2.62. The van der Waals surface area contributed by atoms with E-state index in [2.05, 4.69) is 0 Å². The Kier molecular flexibility index (Phi) is 4.19. The molecule has 0 spiro atoms. The standard InChI is InChI=1S/C16H18N2O2/c1-11-5-6-12(2)14(10-11)18-9-3-4-13(16(18)20)15(19)7-8-17/h5-6,10,13H,3-4,7,9H2,1-2H3. The molecule has 0 radical (unpaired) electrons. The van der Waals surface area contributed by atoms with Crippen molar-refractivity contribution < 1.29 is 9.59 Å². The molecule has 104 valence electrons. The number of aryl methyl sites for hydroxylation is 2. The zero-order valence-corrected chi connectivity index (χ0v) is 11.8. The van der Waals surface area contributed by atoms with Gasteiger partial charge in [-0.1, -0.05) is 12.1 Å². The molecule has 1 heterocycles. The van der Waals surface area contributed by atoms with Crippen LogP contribution in [0.4, 0.5) is 5.69 Å². The van der Waals surface area contributed by atoms with Gasteiger partial charge in [-0.3, -0.25) is 9.59 Å². The van der Waals surface area contributed by atoms with Gasteiger partial charge < -0.3 is 4.90 Å². The highest BCUT2D eigenvalue weighted by Gasteiger charge is 2.34. The number of nitrogens with zero attached hydrogens (tertiary/aromatic N) is 2. The minimum atomic E-state index is -0.650. The highest BCUT2D eigenvalue weighted by molar-refractivity contribution is 6.09. The fraction of sp³-hybridized carbons (Fsp3) is 0.438. The first-order chi connectivity index (χ1) is 9.54. The molecular formula is C16H18N2O2. The van der Waals surface area contributed by atoms with Gasteiger partial charge in [-0.15, -0.1) is 0 Å². The summed E-state index contributed by atoms with van der Waals surface area (Å²) < 4.78 is 0. The van der Waals surface area contributed by atoms with Crippen LogP contribution in [0.1, 0.15) is 30.4 Å². The highest BCUT2D eigenvalue weighted by Crippen LogP contribution is 2.28. The second kappa shape index (κ2) is 5.87. The molecule has 4 nitrogen and oxygen atoms in total. The van der Waals surface area contributed by atoms with E-state index in [0.717, 1.165) is 23.2 Å². The average Bonchev–Trinajstić information content (AvgIpc) is 2.42. The number of carbonyl (C=O) groups excluding carboxylic acids is 2. The Hall–Kier alpha value is -2.15. The molecule has 1 fully saturated rings. The molecule has 2 rings (SSSR count). The van der Waals surface area contributed by atoms with E-state index < -0.39 is 5.92 Å². The van der Waals surface area contributed by atoms with E-state index >= 15 is 0 Å². The summed E-state index contributed by atoms with van der Waals surface area (Å²) in [6.45, 7) is 4.58. The van der Waals surface area contributed by atoms with Crippen molar-refractivity contribution in [3.8, 4) is 6.07 Å². The van der Waals surface area contributed by atoms with Crippen molar-refractivity contribution >= 4 is 17.4 Å². The lowest BCUT2D eigenvalue weighted by atomic mass is 9.90. The highest BCUT2D eigenvalue weighted by atomic mass is 16.2. The third-order valence-corrected chi connectivity index (χ3v) is 3.74. The zero-order chi connectivity index (χ0) is 14.7. The van der Waals surface area contributed by atoms with E-state index in [9.17, 15) is 9.59 Å². The Labute approximate surface area is 119 Å². The van der Waals surface area contributed by atoms with Gasteiger partial charge in [-0.25, -0.2) is 0 Å². The SMILES string of the molecule is Cc1ccc(C)c(N2CCCC(C(=O)CC#N)C2=O)c1. The van der Waals surface area contributed by atoms with E-state index in [1.807, 2.05) is 38.1 Å². The molecule has 1 aliphatic rings. The summed E-state index contributed by atoms with van der Waals surface area (Å²) >= 11 is 0. The van der Waals surface area contributed by atoms with Crippen LogP contribution in [-0.2, 0) is 9.59 Å². The normalized spacial score (nSPS) is 18.8. The number of piperidine rings is 1. The Morgan fingerprint density at radius 1 is 1.45 bits per heavy atom. The van der Waals surface area contributed by atoms with Gasteiger partial charge in [0.15, 0.2) is 5.78 Å². The van der Waals surface area contributed by atoms with E-state index in [0.29, 0.717) is 13.0 Å². The molecular weight excluding hydrogens is 252 g/mol. The van der Waals surface area contributed by atoms with Crippen LogP contribution in [-0.4, -0.2) is 18.2 Å². The number of Topliss-reactive ketones (excluding diaryl/α,β-unsaturated/α-hetero) is 1. The quantitative estimate of drug-likeness (QED) is 0.793. The van der Waals surface area contributed by atoms with E-state index in [1.54, 1.807) is 4.90 Å². The van der Waals surface area contributed by atoms with Crippen molar-refractivity contribution in [3.63, 3.8) is 0 Å². The number of hydrogen-bond donors (Lipinski definition) is 0. The second-order valence-corrected chi connectivity index (χ2v) is 5.28. The topological polar surface area (TPSA) is 61.2 Å². The Morgan fingerprint density at radius 2 is 2.20 bits per heavy atom. The number of benzene rings is 1. The molecule has 1 unspecified atom stereocenters. The van der Waals surface area contributed by atoms with Crippen molar-refractivity contribution in [3.05, 3.63) is 29.3 Å². The number of carbonyl (C=O) groups is 2. The molecule has 0 aromatic heterocycles. The largest absolute Gasteiger partial charge is 0.312 e. The predicted octanol–water partition coefficient (Wildman–Crippen LogP) is 2.53. The van der Waals surface area contributed by atoms with Crippen molar-refractivity contribution in [1.82, 2.24) is 0 Å². The molecule has 1 aromatic rings. The molecule has 0 bridgehead atoms. The Morgan fingerprint density at radius 3 is 2.90 bits per heavy atom. The van der Waals surface area contributed by atoms with Crippen LogP contribution >= 0.6 is 0 Å². The number of hydrogen-bond acceptors (Lipinski definition) is 3. The maximum absolute atomic E-state index is 12.5. The van der Waals surface area contributed by atoms with Crippen molar-refractivity contribution in [2.24, 2.45) is 5.92 Å². The summed E-state index contributed by atoms with van der Waals surface area (Å²) in [6, 6.07) is 7.81. The number of nitriles is 1. The molecule has 1 amide bonds. The van der Waals surface area contributed by atoms with Crippen molar-refractivity contribution in [2.45, 2.75) is 33.1 Å². The zero-order valence-electron chi connectivity index (χ0n) is 11.8. The van der Waals surface area contributed by atoms with Crippen molar-refractivity contribution in [1.29, 1.82) is 5.26 Å². The molecule has 1 aliphatic heterocycles. The van der Waals surface area contributed by atoms with Crippen LogP contribution < -0.4 is 4.90 Å². The summed E-state index contributed by atoms with van der Waals surface area (Å²) in [4.78, 5) is 26.1. The van der Waals surface area contributed by atoms with Crippen LogP contribution in [0.15, 0.2) is 18.2 Å². The molecule has 1 aromatic carbocycles. The molecule has 1 atom stereocenters. The minimum Gasteiger partial charge on any atom is -0.312 e. The summed E-state index contributed by atoms with van der Waals surface area (Å²) in [5, 5.41) is 8.62. The first-order valence-corrected chi connectivity index (χ1v) is 6.83. The van der Waals surface area contributed by atoms with Gasteiger partial charge in [-0.05, 0) is 43.9 Å². The summed E-state index contributed by atoms with van der Waals surface area (Å²) in [5.74, 6) is -1.07. The molecule has 0 saturated carbocycles. The molecule has 20 heavy (non-hydrogen) atoms. The van der Waals surface area contributed by atoms with Gasteiger partial charge in [0.25, 0.3) is 0 Å². The number of anilines is 1. The van der Waals surface area contributed by atoms with Gasteiger partial charge in [0.2, 0.25) is 5.91 Å². The second-order valence-electron chi connectivity index (χ2n) is 5.28. The average molecular weight is 270 g/mol. The Balaban J connectivity index is 2.29. The minimum absolute atomic E-state index is 0.162. The molecule has 0 N–H and O–H groups in total. The lowest BCUT2D eigenvalue weighted by molar-refractivity contribution is -0.133. The van der Waals surface area contributed by atoms with Crippen LogP contribution in [0.3, 0.4) is 0 Å². The molecule has 1 saturated heterocycles. The first-order valence-electron chi connectivity index (χ1n) is 6.83. The monoisotopic (exact) mass is 270 g/mol. The predicted molar refractivity (Wildman–Crippen MR) is 76.2 cm³/mol. The van der Waals surface area contributed by atoms with Crippen LogP contribution in [0.25, 0.3) is 0 Å². The Bertz CT molecular complexity index is 587. The van der Waals surface area contributed by atoms with Gasteiger partial charge in [0.1, 0.15) is 0 Å². The molecule has 4 heteroatoms. The van der Waals surface area contributed by atoms with Gasteiger partial charge in [0.05, 0.1) is 18.4 Å².